The van der Waals surface area contributed by atoms with Crippen molar-refractivity contribution in [2.45, 2.75) is 8.75 Å². The minimum absolute atomic E-state index is 0.676. The molecule has 0 saturated carbocycles. The molecule has 0 unspecified atom stereocenters. The molecule has 23 heavy (non-hydrogen) atoms. The monoisotopic (exact) mass is 821 g/mol. The Morgan fingerprint density at radius 1 is 0.870 bits per heavy atom. The highest BCUT2D eigenvalue weighted by Gasteiger charge is 2.33. The van der Waals surface area contributed by atoms with Gasteiger partial charge in [-0.2, -0.15) is 0 Å². The standard InChI is InChI=1S/C14H6Br8O/c15-5-6-1-2-8(12(20)11(6)19)14(21,22)23-13-9(17)3-7(16)4-10(13)18/h1-4H,5H2. The molecule has 0 amide bonds. The number of benzene rings is 2. The largest absolute Gasteiger partial charge is 0.459 e. The maximum atomic E-state index is 6.17. The van der Waals surface area contributed by atoms with E-state index in [-0.39, 0.29) is 0 Å². The summed E-state index contributed by atoms with van der Waals surface area (Å²) in [4.78, 5) is 0. The molecule has 0 aromatic heterocycles. The van der Waals surface area contributed by atoms with Gasteiger partial charge in [0.1, 0.15) is 0 Å². The van der Waals surface area contributed by atoms with Gasteiger partial charge in [-0.15, -0.1) is 0 Å². The minimum atomic E-state index is -0.898. The molecule has 0 saturated heterocycles. The van der Waals surface area contributed by atoms with Gasteiger partial charge in [0.2, 0.25) is 3.42 Å². The van der Waals surface area contributed by atoms with Crippen molar-refractivity contribution in [3.05, 3.63) is 57.8 Å². The van der Waals surface area contributed by atoms with Crippen LogP contribution in [0.25, 0.3) is 0 Å². The van der Waals surface area contributed by atoms with Crippen molar-refractivity contribution in [3.63, 3.8) is 0 Å². The predicted molar refractivity (Wildman–Crippen MR) is 124 cm³/mol. The lowest BCUT2D eigenvalue weighted by atomic mass is 10.1. The lowest BCUT2D eigenvalue weighted by molar-refractivity contribution is 0.271. The molecule has 0 aliphatic carbocycles. The molecule has 124 valence electrons. The number of alkyl halides is 3. The Morgan fingerprint density at radius 2 is 1.43 bits per heavy atom. The van der Waals surface area contributed by atoms with Crippen molar-refractivity contribution in [1.82, 2.24) is 0 Å². The molecule has 0 fully saturated rings. The molecule has 0 radical (unpaired) electrons. The normalized spacial score (nSPS) is 11.7. The molecule has 0 aliphatic rings. The second-order valence-corrected chi connectivity index (χ2v) is 12.4. The zero-order chi connectivity index (χ0) is 17.4. The SMILES string of the molecule is BrCc1ccc(C(Br)(Br)Oc2c(Br)cc(Br)cc2Br)c(Br)c1Br. The van der Waals surface area contributed by atoms with Gasteiger partial charge in [0.05, 0.1) is 8.95 Å². The highest BCUT2D eigenvalue weighted by Crippen LogP contribution is 2.49. The second-order valence-electron chi connectivity index (χ2n) is 4.35. The van der Waals surface area contributed by atoms with E-state index in [1.54, 1.807) is 0 Å². The van der Waals surface area contributed by atoms with Gasteiger partial charge >= 0.3 is 0 Å². The molecule has 0 heterocycles. The van der Waals surface area contributed by atoms with Crippen LogP contribution < -0.4 is 4.74 Å². The predicted octanol–water partition coefficient (Wildman–Crippen LogP) is 9.37. The summed E-state index contributed by atoms with van der Waals surface area (Å²) in [6.07, 6.45) is 0. The van der Waals surface area contributed by atoms with Crippen molar-refractivity contribution < 1.29 is 4.74 Å². The minimum Gasteiger partial charge on any atom is -0.459 e. The third kappa shape index (κ3) is 5.08. The summed E-state index contributed by atoms with van der Waals surface area (Å²) in [7, 11) is 0. The zero-order valence-electron chi connectivity index (χ0n) is 10.9. The van der Waals surface area contributed by atoms with E-state index >= 15 is 0 Å². The Labute approximate surface area is 201 Å². The van der Waals surface area contributed by atoms with Crippen LogP contribution in [-0.2, 0) is 8.75 Å². The van der Waals surface area contributed by atoms with Crippen molar-refractivity contribution in [2.24, 2.45) is 0 Å². The van der Waals surface area contributed by atoms with Gasteiger partial charge in [0.25, 0.3) is 0 Å². The number of halogens is 8. The van der Waals surface area contributed by atoms with Crippen molar-refractivity contribution in [2.75, 3.05) is 0 Å². The third-order valence-corrected chi connectivity index (χ3v) is 8.49. The molecule has 2 aromatic carbocycles. The van der Waals surface area contributed by atoms with Crippen LogP contribution in [0.3, 0.4) is 0 Å². The lowest BCUT2D eigenvalue weighted by Crippen LogP contribution is -2.19. The van der Waals surface area contributed by atoms with Crippen LogP contribution in [0.4, 0.5) is 0 Å². The average molecular weight is 829 g/mol. The van der Waals surface area contributed by atoms with Gasteiger partial charge in [-0.3, -0.25) is 0 Å². The first-order valence-electron chi connectivity index (χ1n) is 5.92. The molecule has 2 aromatic rings. The van der Waals surface area contributed by atoms with E-state index in [0.29, 0.717) is 5.75 Å². The maximum absolute atomic E-state index is 6.17. The first-order valence-corrected chi connectivity index (χ1v) is 12.6. The third-order valence-electron chi connectivity index (χ3n) is 2.81. The van der Waals surface area contributed by atoms with E-state index in [9.17, 15) is 0 Å². The van der Waals surface area contributed by atoms with E-state index < -0.39 is 3.42 Å². The van der Waals surface area contributed by atoms with Crippen LogP contribution in [0.1, 0.15) is 11.1 Å². The first kappa shape index (κ1) is 21.4. The second kappa shape index (κ2) is 8.85. The van der Waals surface area contributed by atoms with Crippen LogP contribution in [0.15, 0.2) is 46.6 Å². The van der Waals surface area contributed by atoms with Gasteiger partial charge < -0.3 is 4.74 Å². The van der Waals surface area contributed by atoms with Crippen LogP contribution in [0.5, 0.6) is 5.75 Å². The molecule has 9 heteroatoms. The summed E-state index contributed by atoms with van der Waals surface area (Å²) >= 11 is 28.5. The maximum Gasteiger partial charge on any atom is 0.244 e. The molecule has 0 N–H and O–H groups in total. The van der Waals surface area contributed by atoms with Gasteiger partial charge in [-0.25, -0.2) is 0 Å². The summed E-state index contributed by atoms with van der Waals surface area (Å²) in [6.45, 7) is 0. The topological polar surface area (TPSA) is 9.23 Å². The van der Waals surface area contributed by atoms with Crippen molar-refractivity contribution in [1.29, 1.82) is 0 Å². The summed E-state index contributed by atoms with van der Waals surface area (Å²) in [5.74, 6) is 0.676. The first-order chi connectivity index (χ1) is 10.7. The lowest BCUT2D eigenvalue weighted by Gasteiger charge is -2.26. The van der Waals surface area contributed by atoms with Crippen molar-refractivity contribution in [3.8, 4) is 5.75 Å². The summed E-state index contributed by atoms with van der Waals surface area (Å²) < 4.78 is 9.77. The Morgan fingerprint density at radius 3 is 1.96 bits per heavy atom. The Kier molecular flexibility index (Phi) is 8.22. The molecule has 0 bridgehead atoms. The quantitative estimate of drug-likeness (QED) is 0.280. The molecular weight excluding hydrogens is 823 g/mol. The van der Waals surface area contributed by atoms with Crippen LogP contribution in [0, 0.1) is 0 Å². The van der Waals surface area contributed by atoms with Crippen LogP contribution in [-0.4, -0.2) is 0 Å². The Hall–Kier alpha value is 2.08. The van der Waals surface area contributed by atoms with E-state index in [2.05, 4.69) is 127 Å². The fourth-order valence-electron chi connectivity index (χ4n) is 1.73. The Balaban J connectivity index is 2.46. The Bertz CT molecular complexity index is 721. The van der Waals surface area contributed by atoms with Crippen LogP contribution >= 0.6 is 127 Å². The van der Waals surface area contributed by atoms with Crippen LogP contribution in [0.2, 0.25) is 0 Å². The highest BCUT2D eigenvalue weighted by atomic mass is 79.9. The van der Waals surface area contributed by atoms with E-state index in [1.165, 1.54) is 0 Å². The highest BCUT2D eigenvalue weighted by molar-refractivity contribution is 9.24. The fraction of sp³-hybridized carbons (Fsp3) is 0.143. The van der Waals surface area contributed by atoms with Crippen molar-refractivity contribution >= 4 is 127 Å². The molecule has 0 spiro atoms. The fourth-order valence-corrected chi connectivity index (χ4v) is 7.66. The number of hydrogen-bond donors (Lipinski definition) is 0. The van der Waals surface area contributed by atoms with Gasteiger partial charge in [-0.05, 0) is 113 Å². The van der Waals surface area contributed by atoms with E-state index in [1.807, 2.05) is 24.3 Å². The smallest absolute Gasteiger partial charge is 0.244 e. The molecule has 0 atom stereocenters. The molecule has 2 rings (SSSR count). The number of rotatable bonds is 4. The number of hydrogen-bond acceptors (Lipinski definition) is 1. The summed E-state index contributed by atoms with van der Waals surface area (Å²) in [5, 5.41) is 0.759. The molecular formula is C14H6Br8O. The molecule has 0 aliphatic heterocycles. The summed E-state index contributed by atoms with van der Waals surface area (Å²) in [5.41, 5.74) is 2.04. The average Bonchev–Trinajstić information content (AvgIpc) is 2.45. The molecule has 1 nitrogen and oxygen atoms in total. The van der Waals surface area contributed by atoms with Gasteiger partial charge in [-0.1, -0.05) is 44.0 Å². The summed E-state index contributed by atoms with van der Waals surface area (Å²) in [6, 6.07) is 7.88. The van der Waals surface area contributed by atoms with Gasteiger partial charge in [0, 0.05) is 24.3 Å². The van der Waals surface area contributed by atoms with E-state index in [0.717, 1.165) is 38.8 Å². The zero-order valence-corrected chi connectivity index (χ0v) is 23.6. The van der Waals surface area contributed by atoms with E-state index in [4.69, 9.17) is 4.74 Å². The van der Waals surface area contributed by atoms with Gasteiger partial charge in [0.15, 0.2) is 5.75 Å². The number of ether oxygens (including phenoxy) is 1.